The standard InChI is InChI=1S/C15H21NO7S/c1-5-14(18)23-10-9-16(11-12(2)17)8-6-7-13(15(19)22-3)24(4,20)21/h5-8H,1,9-11H2,2-4H3/b8-6+,13-7+. The van der Waals surface area contributed by atoms with Crippen molar-refractivity contribution in [3.05, 3.63) is 35.9 Å². The topological polar surface area (TPSA) is 107 Å². The van der Waals surface area contributed by atoms with E-state index in [9.17, 15) is 22.8 Å². The number of ketones is 1. The third kappa shape index (κ3) is 8.89. The molecular weight excluding hydrogens is 338 g/mol. The zero-order valence-electron chi connectivity index (χ0n) is 13.9. The van der Waals surface area contributed by atoms with Crippen molar-refractivity contribution in [2.24, 2.45) is 0 Å². The van der Waals surface area contributed by atoms with Gasteiger partial charge in [-0.05, 0) is 25.3 Å². The van der Waals surface area contributed by atoms with Crippen LogP contribution in [0, 0.1) is 0 Å². The van der Waals surface area contributed by atoms with E-state index < -0.39 is 26.7 Å². The minimum atomic E-state index is -3.76. The van der Waals surface area contributed by atoms with Gasteiger partial charge in [0.25, 0.3) is 0 Å². The largest absolute Gasteiger partial charge is 0.465 e. The van der Waals surface area contributed by atoms with Crippen LogP contribution in [0.2, 0.25) is 0 Å². The zero-order chi connectivity index (χ0) is 18.8. The molecule has 0 fully saturated rings. The Kier molecular flexibility index (Phi) is 9.33. The van der Waals surface area contributed by atoms with Gasteiger partial charge in [-0.1, -0.05) is 6.58 Å². The van der Waals surface area contributed by atoms with Gasteiger partial charge in [0.05, 0.1) is 20.2 Å². The molecule has 0 saturated carbocycles. The van der Waals surface area contributed by atoms with Crippen molar-refractivity contribution in [3.8, 4) is 0 Å². The van der Waals surface area contributed by atoms with E-state index in [-0.39, 0.29) is 25.5 Å². The summed E-state index contributed by atoms with van der Waals surface area (Å²) in [6.07, 6.45) is 5.68. The van der Waals surface area contributed by atoms with E-state index in [2.05, 4.69) is 11.3 Å². The Morgan fingerprint density at radius 3 is 2.33 bits per heavy atom. The highest BCUT2D eigenvalue weighted by Gasteiger charge is 2.20. The quantitative estimate of drug-likeness (QED) is 0.310. The smallest absolute Gasteiger partial charge is 0.349 e. The molecule has 134 valence electrons. The maximum Gasteiger partial charge on any atom is 0.349 e. The third-order valence-electron chi connectivity index (χ3n) is 2.55. The summed E-state index contributed by atoms with van der Waals surface area (Å²) in [6.45, 7) is 4.89. The van der Waals surface area contributed by atoms with Gasteiger partial charge in [-0.2, -0.15) is 0 Å². The van der Waals surface area contributed by atoms with Crippen LogP contribution < -0.4 is 0 Å². The number of sulfone groups is 1. The van der Waals surface area contributed by atoms with Crippen LogP contribution >= 0.6 is 0 Å². The molecule has 9 heteroatoms. The Morgan fingerprint density at radius 1 is 1.25 bits per heavy atom. The van der Waals surface area contributed by atoms with Gasteiger partial charge in [0.2, 0.25) is 0 Å². The molecule has 0 N–H and O–H groups in total. The Bertz CT molecular complexity index is 647. The summed E-state index contributed by atoms with van der Waals surface area (Å²) in [5.41, 5.74) is 0. The number of hydrogen-bond donors (Lipinski definition) is 0. The van der Waals surface area contributed by atoms with Crippen molar-refractivity contribution in [2.45, 2.75) is 6.92 Å². The Morgan fingerprint density at radius 2 is 1.88 bits per heavy atom. The molecule has 24 heavy (non-hydrogen) atoms. The molecule has 0 aromatic carbocycles. The van der Waals surface area contributed by atoms with Crippen LogP contribution in [0.4, 0.5) is 0 Å². The van der Waals surface area contributed by atoms with Crippen LogP contribution in [0.25, 0.3) is 0 Å². The van der Waals surface area contributed by atoms with Gasteiger partial charge < -0.3 is 14.4 Å². The number of allylic oxidation sites excluding steroid dienone is 2. The Hall–Kier alpha value is -2.42. The average molecular weight is 359 g/mol. The van der Waals surface area contributed by atoms with E-state index in [0.717, 1.165) is 25.5 Å². The lowest BCUT2D eigenvalue weighted by molar-refractivity contribution is -0.138. The maximum atomic E-state index is 11.5. The minimum Gasteiger partial charge on any atom is -0.465 e. The Labute approximate surface area is 141 Å². The van der Waals surface area contributed by atoms with E-state index in [1.54, 1.807) is 0 Å². The van der Waals surface area contributed by atoms with E-state index in [4.69, 9.17) is 4.74 Å². The lowest BCUT2D eigenvalue weighted by atomic mass is 10.4. The summed E-state index contributed by atoms with van der Waals surface area (Å²) in [7, 11) is -2.69. The van der Waals surface area contributed by atoms with Gasteiger partial charge in [-0.3, -0.25) is 4.79 Å². The van der Waals surface area contributed by atoms with Crippen molar-refractivity contribution in [1.82, 2.24) is 4.90 Å². The fourth-order valence-electron chi connectivity index (χ4n) is 1.51. The van der Waals surface area contributed by atoms with Crippen molar-refractivity contribution < 1.29 is 32.3 Å². The van der Waals surface area contributed by atoms with Crippen molar-refractivity contribution in [2.75, 3.05) is 33.1 Å². The summed E-state index contributed by atoms with van der Waals surface area (Å²) in [5, 5.41) is 0. The molecule has 0 aromatic heterocycles. The average Bonchev–Trinajstić information content (AvgIpc) is 2.48. The number of nitrogens with zero attached hydrogens (tertiary/aromatic N) is 1. The first-order chi connectivity index (χ1) is 11.1. The molecule has 0 amide bonds. The number of esters is 2. The van der Waals surface area contributed by atoms with Crippen LogP contribution in [-0.2, 0) is 33.7 Å². The fraction of sp³-hybridized carbons (Fsp3) is 0.400. The lowest BCUT2D eigenvalue weighted by Crippen LogP contribution is -2.27. The molecule has 0 aliphatic heterocycles. The molecule has 0 unspecified atom stereocenters. The molecule has 0 aliphatic rings. The Balaban J connectivity index is 5.10. The number of carbonyl (C=O) groups excluding carboxylic acids is 3. The molecule has 0 aliphatic carbocycles. The second-order valence-corrected chi connectivity index (χ2v) is 6.66. The van der Waals surface area contributed by atoms with Crippen LogP contribution in [0.5, 0.6) is 0 Å². The predicted octanol–water partition coefficient (Wildman–Crippen LogP) is 0.222. The van der Waals surface area contributed by atoms with Gasteiger partial charge in [0, 0.05) is 12.3 Å². The van der Waals surface area contributed by atoms with Crippen LogP contribution in [0.1, 0.15) is 6.92 Å². The van der Waals surface area contributed by atoms with Gasteiger partial charge in [-0.15, -0.1) is 0 Å². The minimum absolute atomic E-state index is 0.0160. The van der Waals surface area contributed by atoms with Crippen molar-refractivity contribution in [1.29, 1.82) is 0 Å². The molecule has 0 radical (unpaired) electrons. The number of rotatable bonds is 10. The first-order valence-electron chi connectivity index (χ1n) is 6.81. The summed E-state index contributed by atoms with van der Waals surface area (Å²) >= 11 is 0. The normalized spacial score (nSPS) is 11.9. The number of methoxy groups -OCH3 is 1. The van der Waals surface area contributed by atoms with E-state index in [1.165, 1.54) is 24.1 Å². The zero-order valence-corrected chi connectivity index (χ0v) is 14.7. The molecule has 0 saturated heterocycles. The molecular formula is C15H21NO7S. The van der Waals surface area contributed by atoms with Gasteiger partial charge in [0.15, 0.2) is 14.7 Å². The van der Waals surface area contributed by atoms with Crippen LogP contribution in [0.15, 0.2) is 35.9 Å². The summed E-state index contributed by atoms with van der Waals surface area (Å²) in [5.74, 6) is -1.72. The predicted molar refractivity (Wildman–Crippen MR) is 87.5 cm³/mol. The molecule has 0 atom stereocenters. The highest BCUT2D eigenvalue weighted by atomic mass is 32.2. The van der Waals surface area contributed by atoms with E-state index in [1.807, 2.05) is 0 Å². The summed E-state index contributed by atoms with van der Waals surface area (Å²) in [4.78, 5) is 34.6. The molecule has 0 aromatic rings. The molecule has 0 rings (SSSR count). The highest BCUT2D eigenvalue weighted by Crippen LogP contribution is 2.07. The van der Waals surface area contributed by atoms with Crippen molar-refractivity contribution >= 4 is 27.6 Å². The van der Waals surface area contributed by atoms with Crippen LogP contribution in [0.3, 0.4) is 0 Å². The van der Waals surface area contributed by atoms with Gasteiger partial charge in [-0.25, -0.2) is 18.0 Å². The SMILES string of the molecule is C=CC(=O)OCCN(/C=C/C=C(\C(=O)OC)S(C)(=O)=O)CC(C)=O. The first-order valence-corrected chi connectivity index (χ1v) is 8.70. The number of hydrogen-bond acceptors (Lipinski definition) is 8. The highest BCUT2D eigenvalue weighted by molar-refractivity contribution is 7.95. The molecule has 0 heterocycles. The third-order valence-corrected chi connectivity index (χ3v) is 3.65. The summed E-state index contributed by atoms with van der Waals surface area (Å²) in [6, 6.07) is 0. The van der Waals surface area contributed by atoms with Crippen LogP contribution in [-0.4, -0.2) is 64.1 Å². The molecule has 0 bridgehead atoms. The van der Waals surface area contributed by atoms with E-state index in [0.29, 0.717) is 0 Å². The maximum absolute atomic E-state index is 11.5. The second kappa shape index (κ2) is 10.4. The summed E-state index contributed by atoms with van der Waals surface area (Å²) < 4.78 is 32.3. The number of carbonyl (C=O) groups is 3. The first kappa shape index (κ1) is 21.6. The monoisotopic (exact) mass is 359 g/mol. The van der Waals surface area contributed by atoms with Gasteiger partial charge in [0.1, 0.15) is 12.4 Å². The fourth-order valence-corrected chi connectivity index (χ4v) is 2.22. The van der Waals surface area contributed by atoms with Gasteiger partial charge >= 0.3 is 11.9 Å². The number of ether oxygens (including phenoxy) is 2. The number of Topliss-reactive ketones (excluding diaryl/α,β-unsaturated/α-hetero) is 1. The second-order valence-electron chi connectivity index (χ2n) is 4.68. The lowest BCUT2D eigenvalue weighted by Gasteiger charge is -2.18. The molecule has 8 nitrogen and oxygen atoms in total. The van der Waals surface area contributed by atoms with Crippen molar-refractivity contribution in [3.63, 3.8) is 0 Å². The molecule has 0 spiro atoms. The van der Waals surface area contributed by atoms with E-state index >= 15 is 0 Å².